The molecule has 1 aromatic heterocycles. The molecule has 0 aliphatic carbocycles. The zero-order valence-electron chi connectivity index (χ0n) is 11.6. The molecule has 0 amide bonds. The summed E-state index contributed by atoms with van der Waals surface area (Å²) >= 11 is 7.89. The molecule has 3 aromatic rings. The van der Waals surface area contributed by atoms with Crippen molar-refractivity contribution >= 4 is 33.2 Å². The monoisotopic (exact) mass is 318 g/mol. The molecule has 0 fully saturated rings. The van der Waals surface area contributed by atoms with Crippen molar-refractivity contribution in [2.45, 2.75) is 13.2 Å². The van der Waals surface area contributed by atoms with Gasteiger partial charge in [-0.15, -0.1) is 11.3 Å². The quantitative estimate of drug-likeness (QED) is 0.763. The summed E-state index contributed by atoms with van der Waals surface area (Å²) in [6, 6.07) is 13.9. The average molecular weight is 319 g/mol. The number of hydrogen-bond donors (Lipinski definition) is 1. The third-order valence-electron chi connectivity index (χ3n) is 3.09. The topological polar surface area (TPSA) is 34.1 Å². The highest BCUT2D eigenvalue weighted by Crippen LogP contribution is 2.30. The summed E-state index contributed by atoms with van der Waals surface area (Å²) < 4.78 is 7.08. The lowest BCUT2D eigenvalue weighted by molar-refractivity contribution is 0.302. The number of aromatic nitrogens is 1. The lowest BCUT2D eigenvalue weighted by Crippen LogP contribution is -2.07. The number of fused-ring (bicyclic) bond motifs is 1. The van der Waals surface area contributed by atoms with Gasteiger partial charge in [-0.3, -0.25) is 0 Å². The summed E-state index contributed by atoms with van der Waals surface area (Å²) in [5.74, 6) is 0.729. The number of thiazole rings is 1. The first-order chi connectivity index (χ1) is 10.3. The standard InChI is InChI=1S/C16H15ClN2OS/c1-18-9-11-5-4-6-12(17)16(11)20-10-15-19-13-7-2-3-8-14(13)21-15/h2-8,18H,9-10H2,1H3. The van der Waals surface area contributed by atoms with Crippen LogP contribution in [-0.4, -0.2) is 12.0 Å². The van der Waals surface area contributed by atoms with Gasteiger partial charge in [0.2, 0.25) is 0 Å². The van der Waals surface area contributed by atoms with Gasteiger partial charge in [0.05, 0.1) is 15.2 Å². The Kier molecular flexibility index (Phi) is 4.39. The second-order valence-corrected chi connectivity index (χ2v) is 6.14. The van der Waals surface area contributed by atoms with Gasteiger partial charge in [0.1, 0.15) is 17.4 Å². The van der Waals surface area contributed by atoms with Crippen LogP contribution in [0.2, 0.25) is 5.02 Å². The molecule has 0 radical (unpaired) electrons. The van der Waals surface area contributed by atoms with E-state index >= 15 is 0 Å². The summed E-state index contributed by atoms with van der Waals surface area (Å²) in [4.78, 5) is 4.57. The normalized spacial score (nSPS) is 11.0. The Hall–Kier alpha value is -1.62. The van der Waals surface area contributed by atoms with Gasteiger partial charge in [-0.2, -0.15) is 0 Å². The molecule has 3 rings (SSSR count). The molecule has 1 N–H and O–H groups in total. The number of halogens is 1. The summed E-state index contributed by atoms with van der Waals surface area (Å²) in [6.07, 6.45) is 0. The molecule has 0 saturated heterocycles. The number of nitrogens with zero attached hydrogens (tertiary/aromatic N) is 1. The van der Waals surface area contributed by atoms with Gasteiger partial charge in [0.25, 0.3) is 0 Å². The average Bonchev–Trinajstić information content (AvgIpc) is 2.90. The molecule has 0 aliphatic heterocycles. The van der Waals surface area contributed by atoms with Crippen molar-refractivity contribution < 1.29 is 4.74 Å². The van der Waals surface area contributed by atoms with Crippen LogP contribution in [0.4, 0.5) is 0 Å². The summed E-state index contributed by atoms with van der Waals surface area (Å²) in [5, 5.41) is 4.70. The van der Waals surface area contributed by atoms with Crippen LogP contribution in [0.15, 0.2) is 42.5 Å². The molecule has 5 heteroatoms. The smallest absolute Gasteiger partial charge is 0.143 e. The van der Waals surface area contributed by atoms with E-state index in [-0.39, 0.29) is 0 Å². The maximum atomic E-state index is 6.24. The van der Waals surface area contributed by atoms with E-state index in [1.807, 2.05) is 43.4 Å². The summed E-state index contributed by atoms with van der Waals surface area (Å²) in [6.45, 7) is 1.15. The Morgan fingerprint density at radius 3 is 2.86 bits per heavy atom. The van der Waals surface area contributed by atoms with Crippen LogP contribution >= 0.6 is 22.9 Å². The van der Waals surface area contributed by atoms with Crippen molar-refractivity contribution in [2.24, 2.45) is 0 Å². The molecule has 0 saturated carbocycles. The molecule has 0 unspecified atom stereocenters. The van der Waals surface area contributed by atoms with Gasteiger partial charge in [-0.05, 0) is 25.2 Å². The Morgan fingerprint density at radius 2 is 2.05 bits per heavy atom. The van der Waals surface area contributed by atoms with E-state index in [4.69, 9.17) is 16.3 Å². The fourth-order valence-corrected chi connectivity index (χ4v) is 3.29. The fourth-order valence-electron chi connectivity index (χ4n) is 2.16. The van der Waals surface area contributed by atoms with E-state index in [0.717, 1.165) is 28.4 Å². The molecular formula is C16H15ClN2OS. The van der Waals surface area contributed by atoms with Crippen molar-refractivity contribution in [1.29, 1.82) is 0 Å². The minimum atomic E-state index is 0.430. The first-order valence-electron chi connectivity index (χ1n) is 6.67. The van der Waals surface area contributed by atoms with Crippen molar-refractivity contribution in [1.82, 2.24) is 10.3 Å². The molecular weight excluding hydrogens is 304 g/mol. The van der Waals surface area contributed by atoms with Gasteiger partial charge in [0.15, 0.2) is 0 Å². The van der Waals surface area contributed by atoms with Gasteiger partial charge in [-0.25, -0.2) is 4.98 Å². The predicted molar refractivity (Wildman–Crippen MR) is 88.2 cm³/mol. The molecule has 0 spiro atoms. The molecule has 21 heavy (non-hydrogen) atoms. The Bertz CT molecular complexity index is 724. The molecule has 3 nitrogen and oxygen atoms in total. The zero-order chi connectivity index (χ0) is 14.7. The van der Waals surface area contributed by atoms with Crippen molar-refractivity contribution in [3.05, 3.63) is 58.1 Å². The fraction of sp³-hybridized carbons (Fsp3) is 0.188. The van der Waals surface area contributed by atoms with E-state index in [2.05, 4.69) is 16.4 Å². The van der Waals surface area contributed by atoms with Crippen LogP contribution < -0.4 is 10.1 Å². The lowest BCUT2D eigenvalue weighted by atomic mass is 10.2. The van der Waals surface area contributed by atoms with Crippen molar-refractivity contribution in [3.8, 4) is 5.75 Å². The second-order valence-electron chi connectivity index (χ2n) is 4.62. The molecule has 0 atom stereocenters. The largest absolute Gasteiger partial charge is 0.485 e. The molecule has 0 bridgehead atoms. The molecule has 2 aromatic carbocycles. The van der Waals surface area contributed by atoms with Crippen LogP contribution in [0.5, 0.6) is 5.75 Å². The van der Waals surface area contributed by atoms with E-state index in [1.165, 1.54) is 4.70 Å². The highest BCUT2D eigenvalue weighted by Gasteiger charge is 2.10. The number of nitrogens with one attached hydrogen (secondary N) is 1. The number of rotatable bonds is 5. The maximum Gasteiger partial charge on any atom is 0.143 e. The van der Waals surface area contributed by atoms with E-state index in [9.17, 15) is 0 Å². The van der Waals surface area contributed by atoms with E-state index in [1.54, 1.807) is 11.3 Å². The minimum absolute atomic E-state index is 0.430. The Balaban J connectivity index is 1.81. The van der Waals surface area contributed by atoms with Crippen LogP contribution in [-0.2, 0) is 13.2 Å². The number of benzene rings is 2. The van der Waals surface area contributed by atoms with Crippen LogP contribution in [0.3, 0.4) is 0 Å². The van der Waals surface area contributed by atoms with Crippen LogP contribution in [0, 0.1) is 0 Å². The first-order valence-corrected chi connectivity index (χ1v) is 7.86. The molecule has 0 aliphatic rings. The number of hydrogen-bond acceptors (Lipinski definition) is 4. The number of ether oxygens (including phenoxy) is 1. The summed E-state index contributed by atoms with van der Waals surface area (Å²) in [5.41, 5.74) is 2.06. The third-order valence-corrected chi connectivity index (χ3v) is 4.40. The maximum absolute atomic E-state index is 6.24. The third kappa shape index (κ3) is 3.18. The van der Waals surface area contributed by atoms with Gasteiger partial charge in [0, 0.05) is 12.1 Å². The molecule has 108 valence electrons. The highest BCUT2D eigenvalue weighted by molar-refractivity contribution is 7.18. The number of para-hydroxylation sites is 2. The lowest BCUT2D eigenvalue weighted by Gasteiger charge is -2.11. The minimum Gasteiger partial charge on any atom is -0.485 e. The second kappa shape index (κ2) is 6.43. The van der Waals surface area contributed by atoms with Crippen molar-refractivity contribution in [2.75, 3.05) is 7.05 Å². The van der Waals surface area contributed by atoms with Crippen LogP contribution in [0.1, 0.15) is 10.6 Å². The molecule has 1 heterocycles. The summed E-state index contributed by atoms with van der Waals surface area (Å²) in [7, 11) is 1.90. The first kappa shape index (κ1) is 14.3. The SMILES string of the molecule is CNCc1cccc(Cl)c1OCc1nc2ccccc2s1. The van der Waals surface area contributed by atoms with E-state index in [0.29, 0.717) is 11.6 Å². The Morgan fingerprint density at radius 1 is 1.19 bits per heavy atom. The van der Waals surface area contributed by atoms with Gasteiger partial charge < -0.3 is 10.1 Å². The predicted octanol–water partition coefficient (Wildman–Crippen LogP) is 4.25. The van der Waals surface area contributed by atoms with Gasteiger partial charge >= 0.3 is 0 Å². The van der Waals surface area contributed by atoms with Gasteiger partial charge in [-0.1, -0.05) is 35.9 Å². The van der Waals surface area contributed by atoms with E-state index < -0.39 is 0 Å². The highest BCUT2D eigenvalue weighted by atomic mass is 35.5. The Labute approximate surface area is 132 Å². The van der Waals surface area contributed by atoms with Crippen LogP contribution in [0.25, 0.3) is 10.2 Å². The van der Waals surface area contributed by atoms with Crippen molar-refractivity contribution in [3.63, 3.8) is 0 Å². The zero-order valence-corrected chi connectivity index (χ0v) is 13.2.